The van der Waals surface area contributed by atoms with E-state index >= 15 is 0 Å². The van der Waals surface area contributed by atoms with Gasteiger partial charge in [0.25, 0.3) is 5.91 Å². The molecule has 1 atom stereocenters. The second-order valence-electron chi connectivity index (χ2n) is 3.82. The van der Waals surface area contributed by atoms with Gasteiger partial charge in [-0.2, -0.15) is 0 Å². The number of aromatic nitrogens is 1. The molecule has 18 heavy (non-hydrogen) atoms. The number of halogens is 1. The van der Waals surface area contributed by atoms with Crippen molar-refractivity contribution >= 4 is 22.9 Å². The van der Waals surface area contributed by atoms with E-state index in [-0.39, 0.29) is 17.8 Å². The molecule has 3 N–H and O–H groups in total. The molecule has 1 aromatic carbocycles. The zero-order valence-electron chi connectivity index (χ0n) is 9.68. The molecule has 2 aromatic rings. The van der Waals surface area contributed by atoms with Gasteiger partial charge in [0, 0.05) is 11.1 Å². The van der Waals surface area contributed by atoms with Crippen LogP contribution in [0.25, 0.3) is 0 Å². The first-order valence-electron chi connectivity index (χ1n) is 5.34. The molecule has 0 saturated heterocycles. The summed E-state index contributed by atoms with van der Waals surface area (Å²) < 4.78 is 12.7. The Morgan fingerprint density at radius 3 is 2.67 bits per heavy atom. The first kappa shape index (κ1) is 12.7. The Morgan fingerprint density at radius 1 is 1.44 bits per heavy atom. The Morgan fingerprint density at radius 2 is 2.11 bits per heavy atom. The first-order valence-corrected chi connectivity index (χ1v) is 6.22. The van der Waals surface area contributed by atoms with Gasteiger partial charge in [-0.1, -0.05) is 0 Å². The van der Waals surface area contributed by atoms with E-state index in [1.54, 1.807) is 12.3 Å². The number of nitrogens with zero attached hydrogens (tertiary/aromatic N) is 1. The third-order valence-electron chi connectivity index (χ3n) is 2.25. The molecule has 0 aliphatic heterocycles. The lowest BCUT2D eigenvalue weighted by atomic mass is 10.3. The van der Waals surface area contributed by atoms with E-state index in [1.807, 2.05) is 0 Å². The van der Waals surface area contributed by atoms with Crippen LogP contribution in [0.5, 0.6) is 0 Å². The molecule has 0 fully saturated rings. The number of carbonyl (C=O) groups excluding carboxylic acids is 1. The Hall–Kier alpha value is -1.79. The van der Waals surface area contributed by atoms with Crippen LogP contribution in [-0.2, 0) is 0 Å². The Kier molecular flexibility index (Phi) is 3.69. The molecule has 1 aromatic heterocycles. The Bertz CT molecular complexity index is 551. The van der Waals surface area contributed by atoms with Crippen LogP contribution in [-0.4, -0.2) is 10.9 Å². The predicted molar refractivity (Wildman–Crippen MR) is 69.1 cm³/mol. The summed E-state index contributed by atoms with van der Waals surface area (Å²) in [6, 6.07) is 5.36. The van der Waals surface area contributed by atoms with Crippen molar-refractivity contribution < 1.29 is 9.18 Å². The van der Waals surface area contributed by atoms with Crippen molar-refractivity contribution in [2.45, 2.75) is 13.0 Å². The van der Waals surface area contributed by atoms with E-state index in [4.69, 9.17) is 5.73 Å². The van der Waals surface area contributed by atoms with Gasteiger partial charge >= 0.3 is 0 Å². The fourth-order valence-electron chi connectivity index (χ4n) is 1.33. The number of hydrogen-bond donors (Lipinski definition) is 2. The smallest absolute Gasteiger partial charge is 0.275 e. The van der Waals surface area contributed by atoms with E-state index in [0.717, 1.165) is 0 Å². The highest BCUT2D eigenvalue weighted by molar-refractivity contribution is 7.09. The normalized spacial score (nSPS) is 12.2. The maximum Gasteiger partial charge on any atom is 0.275 e. The zero-order chi connectivity index (χ0) is 13.1. The third kappa shape index (κ3) is 2.91. The zero-order valence-corrected chi connectivity index (χ0v) is 10.5. The number of nitrogens with one attached hydrogen (secondary N) is 1. The van der Waals surface area contributed by atoms with Crippen molar-refractivity contribution in [2.24, 2.45) is 5.73 Å². The minimum Gasteiger partial charge on any atom is -0.322 e. The van der Waals surface area contributed by atoms with Crippen LogP contribution in [0.1, 0.15) is 28.5 Å². The van der Waals surface area contributed by atoms with Gasteiger partial charge in [-0.25, -0.2) is 9.37 Å². The van der Waals surface area contributed by atoms with Gasteiger partial charge in [0.15, 0.2) is 0 Å². The fraction of sp³-hybridized carbons (Fsp3) is 0.167. The third-order valence-corrected chi connectivity index (χ3v) is 3.29. The molecule has 0 spiro atoms. The van der Waals surface area contributed by atoms with Gasteiger partial charge in [0.05, 0.1) is 6.04 Å². The fourth-order valence-corrected chi connectivity index (χ4v) is 2.09. The van der Waals surface area contributed by atoms with Crippen LogP contribution < -0.4 is 11.1 Å². The highest BCUT2D eigenvalue weighted by atomic mass is 32.1. The highest BCUT2D eigenvalue weighted by Gasteiger charge is 2.12. The van der Waals surface area contributed by atoms with E-state index in [9.17, 15) is 9.18 Å². The number of amides is 1. The Balaban J connectivity index is 2.09. The molecule has 0 aliphatic carbocycles. The van der Waals surface area contributed by atoms with Crippen molar-refractivity contribution in [2.75, 3.05) is 5.32 Å². The van der Waals surface area contributed by atoms with E-state index in [1.165, 1.54) is 35.6 Å². The van der Waals surface area contributed by atoms with Crippen LogP contribution in [0.15, 0.2) is 29.6 Å². The van der Waals surface area contributed by atoms with Crippen molar-refractivity contribution in [3.05, 3.63) is 46.2 Å². The molecule has 6 heteroatoms. The van der Waals surface area contributed by atoms with Gasteiger partial charge in [-0.05, 0) is 31.2 Å². The monoisotopic (exact) mass is 265 g/mol. The molecule has 94 valence electrons. The number of thiazole rings is 1. The largest absolute Gasteiger partial charge is 0.322 e. The van der Waals surface area contributed by atoms with Gasteiger partial charge < -0.3 is 11.1 Å². The molecule has 1 unspecified atom stereocenters. The average molecular weight is 265 g/mol. The molecule has 0 aliphatic rings. The van der Waals surface area contributed by atoms with Crippen molar-refractivity contribution in [1.82, 2.24) is 4.98 Å². The summed E-state index contributed by atoms with van der Waals surface area (Å²) >= 11 is 1.34. The van der Waals surface area contributed by atoms with Crippen molar-refractivity contribution in [3.63, 3.8) is 0 Å². The van der Waals surface area contributed by atoms with Crippen LogP contribution in [0.4, 0.5) is 10.1 Å². The van der Waals surface area contributed by atoms with E-state index in [2.05, 4.69) is 10.3 Å². The molecular weight excluding hydrogens is 253 g/mol. The summed E-state index contributed by atoms with van der Waals surface area (Å²) in [6.45, 7) is 1.81. The van der Waals surface area contributed by atoms with Crippen LogP contribution in [0.2, 0.25) is 0 Å². The van der Waals surface area contributed by atoms with E-state index in [0.29, 0.717) is 16.4 Å². The average Bonchev–Trinajstić information content (AvgIpc) is 2.81. The van der Waals surface area contributed by atoms with Crippen LogP contribution in [0, 0.1) is 5.82 Å². The van der Waals surface area contributed by atoms with Crippen molar-refractivity contribution in [1.29, 1.82) is 0 Å². The number of rotatable bonds is 3. The molecule has 4 nitrogen and oxygen atoms in total. The SMILES string of the molecule is CC(N)c1nc(C(=O)Nc2ccc(F)cc2)cs1. The topological polar surface area (TPSA) is 68.0 Å². The summed E-state index contributed by atoms with van der Waals surface area (Å²) in [4.78, 5) is 16.0. The second kappa shape index (κ2) is 5.24. The van der Waals surface area contributed by atoms with Crippen LogP contribution in [0.3, 0.4) is 0 Å². The summed E-state index contributed by atoms with van der Waals surface area (Å²) in [5.41, 5.74) is 6.51. The predicted octanol–water partition coefficient (Wildman–Crippen LogP) is 2.55. The lowest BCUT2D eigenvalue weighted by Gasteiger charge is -2.02. The van der Waals surface area contributed by atoms with Gasteiger partial charge in [-0.3, -0.25) is 4.79 Å². The van der Waals surface area contributed by atoms with Crippen LogP contribution >= 0.6 is 11.3 Å². The standard InChI is InChI=1S/C12H12FN3OS/c1-7(14)12-16-10(6-18-12)11(17)15-9-4-2-8(13)3-5-9/h2-7H,14H2,1H3,(H,15,17). The maximum atomic E-state index is 12.7. The molecule has 0 bridgehead atoms. The minimum atomic E-state index is -0.346. The summed E-state index contributed by atoms with van der Waals surface area (Å²) in [5, 5.41) is 4.99. The quantitative estimate of drug-likeness (QED) is 0.896. The minimum absolute atomic E-state index is 0.192. The summed E-state index contributed by atoms with van der Waals surface area (Å²) in [6.07, 6.45) is 0. The number of nitrogens with two attached hydrogens (primary N) is 1. The second-order valence-corrected chi connectivity index (χ2v) is 4.71. The lowest BCUT2D eigenvalue weighted by molar-refractivity contribution is 0.102. The van der Waals surface area contributed by atoms with Gasteiger partial charge in [0.2, 0.25) is 0 Å². The number of benzene rings is 1. The first-order chi connectivity index (χ1) is 8.56. The number of hydrogen-bond acceptors (Lipinski definition) is 4. The number of carbonyl (C=O) groups is 1. The Labute approximate surface area is 108 Å². The molecule has 1 amide bonds. The highest BCUT2D eigenvalue weighted by Crippen LogP contribution is 2.17. The summed E-state index contributed by atoms with van der Waals surface area (Å²) in [7, 11) is 0. The molecule has 2 rings (SSSR count). The van der Waals surface area contributed by atoms with Gasteiger partial charge in [0.1, 0.15) is 16.5 Å². The van der Waals surface area contributed by atoms with Crippen molar-refractivity contribution in [3.8, 4) is 0 Å². The molecular formula is C12H12FN3OS. The van der Waals surface area contributed by atoms with Gasteiger partial charge in [-0.15, -0.1) is 11.3 Å². The lowest BCUT2D eigenvalue weighted by Crippen LogP contribution is -2.13. The molecule has 0 radical (unpaired) electrons. The maximum absolute atomic E-state index is 12.7. The number of anilines is 1. The van der Waals surface area contributed by atoms with E-state index < -0.39 is 0 Å². The molecule has 1 heterocycles. The summed E-state index contributed by atoms with van der Waals surface area (Å²) in [5.74, 6) is -0.675. The molecule has 0 saturated carbocycles.